The standard InChI is InChI=1S/C23H31N3O4/c1-15-10-16(14-27)12-17(11-15)23(6-4-3-5-7-23)13-18-24-21(29)20(28)19-22(30)25(2)8-9-26(18)19/h11-12,16,27-28H,3-10,13-14H2,1-2H3. The van der Waals surface area contributed by atoms with Crippen LogP contribution in [0.15, 0.2) is 28.1 Å². The van der Waals surface area contributed by atoms with Crippen LogP contribution in [0.4, 0.5) is 0 Å². The SMILES string of the molecule is CC1=CC(C2(Cc3nc(=O)c(O)c4n3CCN(C)C4=O)CCCCC2)=CC(CO)C1. The van der Waals surface area contributed by atoms with Gasteiger partial charge in [0, 0.05) is 44.5 Å². The first-order chi connectivity index (χ1) is 14.3. The molecular formula is C23H31N3O4. The molecule has 1 fully saturated rings. The van der Waals surface area contributed by atoms with E-state index in [0.29, 0.717) is 25.3 Å². The van der Waals surface area contributed by atoms with Gasteiger partial charge in [-0.2, -0.15) is 4.98 Å². The minimum absolute atomic E-state index is 0.0577. The lowest BCUT2D eigenvalue weighted by atomic mass is 9.64. The molecule has 1 amide bonds. The molecule has 1 aromatic rings. The molecule has 0 saturated heterocycles. The fourth-order valence-corrected chi connectivity index (χ4v) is 5.36. The van der Waals surface area contributed by atoms with Crippen molar-refractivity contribution in [1.29, 1.82) is 0 Å². The number of aromatic nitrogens is 2. The van der Waals surface area contributed by atoms with E-state index in [1.807, 2.05) is 0 Å². The third-order valence-corrected chi connectivity index (χ3v) is 7.00. The highest BCUT2D eigenvalue weighted by Crippen LogP contribution is 2.47. The summed E-state index contributed by atoms with van der Waals surface area (Å²) in [5.41, 5.74) is 1.63. The lowest BCUT2D eigenvalue weighted by molar-refractivity contribution is 0.0736. The van der Waals surface area contributed by atoms with E-state index in [2.05, 4.69) is 24.1 Å². The highest BCUT2D eigenvalue weighted by Gasteiger charge is 2.39. The topological polar surface area (TPSA) is 95.7 Å². The summed E-state index contributed by atoms with van der Waals surface area (Å²) in [7, 11) is 1.67. The van der Waals surface area contributed by atoms with Gasteiger partial charge in [0.1, 0.15) is 5.82 Å². The number of hydrogen-bond acceptors (Lipinski definition) is 5. The fraction of sp³-hybridized carbons (Fsp3) is 0.609. The molecule has 4 rings (SSSR count). The van der Waals surface area contributed by atoms with Gasteiger partial charge in [0.05, 0.1) is 0 Å². The van der Waals surface area contributed by atoms with Gasteiger partial charge in [-0.1, -0.05) is 37.0 Å². The van der Waals surface area contributed by atoms with Crippen LogP contribution in [0.2, 0.25) is 0 Å². The van der Waals surface area contributed by atoms with Gasteiger partial charge in [0.15, 0.2) is 5.69 Å². The Morgan fingerprint density at radius 2 is 1.93 bits per heavy atom. The Morgan fingerprint density at radius 1 is 1.20 bits per heavy atom. The third-order valence-electron chi connectivity index (χ3n) is 7.00. The first-order valence-electron chi connectivity index (χ1n) is 10.9. The van der Waals surface area contributed by atoms with Crippen LogP contribution < -0.4 is 5.56 Å². The van der Waals surface area contributed by atoms with Crippen LogP contribution in [0.3, 0.4) is 0 Å². The molecule has 0 aromatic carbocycles. The van der Waals surface area contributed by atoms with E-state index < -0.39 is 11.3 Å². The molecule has 2 aliphatic carbocycles. The first-order valence-corrected chi connectivity index (χ1v) is 10.9. The average Bonchev–Trinajstić information content (AvgIpc) is 2.74. The second-order valence-electron chi connectivity index (χ2n) is 9.19. The van der Waals surface area contributed by atoms with Gasteiger partial charge in [-0.15, -0.1) is 0 Å². The molecule has 0 radical (unpaired) electrons. The van der Waals surface area contributed by atoms with Gasteiger partial charge in [0.2, 0.25) is 5.75 Å². The van der Waals surface area contributed by atoms with E-state index in [9.17, 15) is 19.8 Å². The van der Waals surface area contributed by atoms with E-state index in [0.717, 1.165) is 32.1 Å². The predicted molar refractivity (Wildman–Crippen MR) is 113 cm³/mol. The van der Waals surface area contributed by atoms with Gasteiger partial charge in [-0.3, -0.25) is 9.59 Å². The van der Waals surface area contributed by atoms with Crippen molar-refractivity contribution in [3.05, 3.63) is 45.2 Å². The highest BCUT2D eigenvalue weighted by molar-refractivity contribution is 5.95. The second-order valence-corrected chi connectivity index (χ2v) is 9.19. The minimum Gasteiger partial charge on any atom is -0.501 e. The number of likely N-dealkylation sites (N-methyl/N-ethyl adjacent to an activating group) is 1. The largest absolute Gasteiger partial charge is 0.501 e. The number of aliphatic hydroxyl groups excluding tert-OH is 1. The summed E-state index contributed by atoms with van der Waals surface area (Å²) in [6.07, 6.45) is 11.2. The van der Waals surface area contributed by atoms with Gasteiger partial charge in [-0.25, -0.2) is 0 Å². The first kappa shape index (κ1) is 20.8. The average molecular weight is 414 g/mol. The molecule has 1 aliphatic heterocycles. The summed E-state index contributed by atoms with van der Waals surface area (Å²) >= 11 is 0. The van der Waals surface area contributed by atoms with Gasteiger partial charge in [0.25, 0.3) is 5.91 Å². The number of allylic oxidation sites excluding steroid dienone is 3. The molecule has 1 unspecified atom stereocenters. The predicted octanol–water partition coefficient (Wildman–Crippen LogP) is 2.41. The Hall–Kier alpha value is -2.41. The fourth-order valence-electron chi connectivity index (χ4n) is 5.36. The molecule has 3 aliphatic rings. The van der Waals surface area contributed by atoms with Crippen molar-refractivity contribution in [3.8, 4) is 5.75 Å². The third kappa shape index (κ3) is 3.60. The van der Waals surface area contributed by atoms with Crippen molar-refractivity contribution in [1.82, 2.24) is 14.5 Å². The molecule has 7 nitrogen and oxygen atoms in total. The summed E-state index contributed by atoms with van der Waals surface area (Å²) in [6, 6.07) is 0. The van der Waals surface area contributed by atoms with Crippen LogP contribution in [0.1, 0.15) is 61.8 Å². The summed E-state index contributed by atoms with van der Waals surface area (Å²) in [5, 5.41) is 20.1. The van der Waals surface area contributed by atoms with Crippen LogP contribution in [0.25, 0.3) is 0 Å². The molecule has 1 aromatic heterocycles. The Labute approximate surface area is 176 Å². The van der Waals surface area contributed by atoms with Crippen molar-refractivity contribution in [3.63, 3.8) is 0 Å². The molecule has 7 heteroatoms. The highest BCUT2D eigenvalue weighted by atomic mass is 16.3. The molecule has 0 spiro atoms. The number of fused-ring (bicyclic) bond motifs is 1. The number of aliphatic hydroxyl groups is 1. The van der Waals surface area contributed by atoms with Crippen molar-refractivity contribution in [2.24, 2.45) is 11.3 Å². The number of aromatic hydroxyl groups is 1. The number of nitrogens with zero attached hydrogens (tertiary/aromatic N) is 3. The normalized spacial score (nSPS) is 23.6. The Kier molecular flexibility index (Phi) is 5.57. The molecule has 0 bridgehead atoms. The molecular weight excluding hydrogens is 382 g/mol. The Bertz CT molecular complexity index is 969. The molecule has 1 saturated carbocycles. The minimum atomic E-state index is -0.733. The van der Waals surface area contributed by atoms with Crippen molar-refractivity contribution in [2.75, 3.05) is 20.2 Å². The summed E-state index contributed by atoms with van der Waals surface area (Å²) < 4.78 is 1.75. The van der Waals surface area contributed by atoms with E-state index in [4.69, 9.17) is 0 Å². The van der Waals surface area contributed by atoms with Crippen molar-refractivity contribution in [2.45, 2.75) is 58.4 Å². The van der Waals surface area contributed by atoms with Crippen LogP contribution in [0, 0.1) is 11.3 Å². The Balaban J connectivity index is 1.81. The van der Waals surface area contributed by atoms with Crippen LogP contribution in [-0.4, -0.2) is 50.8 Å². The quantitative estimate of drug-likeness (QED) is 0.790. The number of rotatable bonds is 4. The maximum absolute atomic E-state index is 12.7. The summed E-state index contributed by atoms with van der Waals surface area (Å²) in [5.74, 6) is -0.205. The number of amides is 1. The zero-order chi connectivity index (χ0) is 21.5. The second kappa shape index (κ2) is 8.02. The van der Waals surface area contributed by atoms with Gasteiger partial charge < -0.3 is 19.7 Å². The lowest BCUT2D eigenvalue weighted by Crippen LogP contribution is -2.42. The van der Waals surface area contributed by atoms with E-state index in [1.165, 1.54) is 22.5 Å². The number of hydrogen-bond donors (Lipinski definition) is 2. The zero-order valence-corrected chi connectivity index (χ0v) is 17.9. The zero-order valence-electron chi connectivity index (χ0n) is 17.9. The van der Waals surface area contributed by atoms with E-state index in [-0.39, 0.29) is 29.5 Å². The van der Waals surface area contributed by atoms with E-state index in [1.54, 1.807) is 11.6 Å². The molecule has 162 valence electrons. The summed E-state index contributed by atoms with van der Waals surface area (Å²) in [4.78, 5) is 30.9. The van der Waals surface area contributed by atoms with Gasteiger partial charge in [-0.05, 0) is 31.8 Å². The molecule has 2 heterocycles. The monoisotopic (exact) mass is 413 g/mol. The Morgan fingerprint density at radius 3 is 2.63 bits per heavy atom. The number of carbonyl (C=O) groups is 1. The maximum Gasteiger partial charge on any atom is 0.315 e. The van der Waals surface area contributed by atoms with E-state index >= 15 is 0 Å². The van der Waals surface area contributed by atoms with Crippen molar-refractivity contribution >= 4 is 5.91 Å². The van der Waals surface area contributed by atoms with Crippen LogP contribution >= 0.6 is 0 Å². The maximum atomic E-state index is 12.7. The smallest absolute Gasteiger partial charge is 0.315 e. The summed E-state index contributed by atoms with van der Waals surface area (Å²) in [6.45, 7) is 3.25. The molecule has 2 N–H and O–H groups in total. The van der Waals surface area contributed by atoms with Crippen LogP contribution in [0.5, 0.6) is 5.75 Å². The van der Waals surface area contributed by atoms with Crippen molar-refractivity contribution < 1.29 is 15.0 Å². The lowest BCUT2D eigenvalue weighted by Gasteiger charge is -2.41. The van der Waals surface area contributed by atoms with Crippen LogP contribution in [-0.2, 0) is 13.0 Å². The molecule has 1 atom stereocenters. The number of carbonyl (C=O) groups excluding carboxylic acids is 1. The van der Waals surface area contributed by atoms with Gasteiger partial charge >= 0.3 is 5.56 Å². The molecule has 30 heavy (non-hydrogen) atoms.